The summed E-state index contributed by atoms with van der Waals surface area (Å²) in [5, 5.41) is 6.23. The van der Waals surface area contributed by atoms with Gasteiger partial charge in [0.15, 0.2) is 5.96 Å². The third kappa shape index (κ3) is 10.3. The van der Waals surface area contributed by atoms with E-state index < -0.39 is 10.0 Å². The molecule has 3 N–H and O–H groups in total. The summed E-state index contributed by atoms with van der Waals surface area (Å²) in [5.41, 5.74) is 3.04. The third-order valence-electron chi connectivity index (χ3n) is 4.28. The van der Waals surface area contributed by atoms with Crippen LogP contribution in [0.15, 0.2) is 53.5 Å². The van der Waals surface area contributed by atoms with Crippen molar-refractivity contribution in [3.63, 3.8) is 0 Å². The van der Waals surface area contributed by atoms with Crippen molar-refractivity contribution in [3.8, 4) is 5.75 Å². The summed E-state index contributed by atoms with van der Waals surface area (Å²) in [4.78, 5) is 4.57. The zero-order chi connectivity index (χ0) is 21.8. The highest BCUT2D eigenvalue weighted by atomic mass is 127. The number of nitrogens with zero attached hydrogens (tertiary/aromatic N) is 1. The highest BCUT2D eigenvalue weighted by Crippen LogP contribution is 2.21. The van der Waals surface area contributed by atoms with Crippen molar-refractivity contribution in [2.75, 3.05) is 25.4 Å². The molecule has 9 heteroatoms. The van der Waals surface area contributed by atoms with Crippen LogP contribution in [-0.4, -0.2) is 39.8 Å². The molecule has 0 aliphatic carbocycles. The number of benzene rings is 2. The van der Waals surface area contributed by atoms with E-state index in [1.165, 1.54) is 0 Å². The van der Waals surface area contributed by atoms with E-state index in [2.05, 4.69) is 20.3 Å². The lowest BCUT2D eigenvalue weighted by Crippen LogP contribution is -2.41. The lowest BCUT2D eigenvalue weighted by Gasteiger charge is -2.13. The van der Waals surface area contributed by atoms with Crippen LogP contribution in [0.4, 0.5) is 0 Å². The molecule has 0 saturated heterocycles. The van der Waals surface area contributed by atoms with E-state index in [0.29, 0.717) is 25.7 Å². The number of ether oxygens (including phenoxy) is 1. The van der Waals surface area contributed by atoms with E-state index in [1.807, 2.05) is 69.3 Å². The maximum absolute atomic E-state index is 12.2. The van der Waals surface area contributed by atoms with Crippen LogP contribution < -0.4 is 20.1 Å². The molecule has 0 atom stereocenters. The van der Waals surface area contributed by atoms with Crippen molar-refractivity contribution >= 4 is 40.0 Å². The molecule has 31 heavy (non-hydrogen) atoms. The monoisotopic (exact) mass is 560 g/mol. The van der Waals surface area contributed by atoms with E-state index in [4.69, 9.17) is 4.74 Å². The predicted octanol–water partition coefficient (Wildman–Crippen LogP) is 3.19. The van der Waals surface area contributed by atoms with Gasteiger partial charge in [-0.05, 0) is 38.0 Å². The highest BCUT2D eigenvalue weighted by Gasteiger charge is 2.10. The van der Waals surface area contributed by atoms with Crippen LogP contribution >= 0.6 is 24.0 Å². The molecule has 0 radical (unpaired) electrons. The number of sulfonamides is 1. The van der Waals surface area contributed by atoms with Gasteiger partial charge in [-0.2, -0.15) is 0 Å². The first kappa shape index (κ1) is 27.2. The Kier molecular flexibility index (Phi) is 12.5. The number of hydrogen-bond acceptors (Lipinski definition) is 4. The van der Waals surface area contributed by atoms with Gasteiger partial charge in [0.25, 0.3) is 0 Å². The summed E-state index contributed by atoms with van der Waals surface area (Å²) in [5.74, 6) is 1.35. The second-order valence-electron chi connectivity index (χ2n) is 6.79. The van der Waals surface area contributed by atoms with Crippen LogP contribution in [0, 0.1) is 6.92 Å². The Balaban J connectivity index is 0.00000480. The molecule has 0 unspecified atom stereocenters. The Labute approximate surface area is 203 Å². The average Bonchev–Trinajstić information content (AvgIpc) is 2.72. The van der Waals surface area contributed by atoms with Crippen molar-refractivity contribution < 1.29 is 13.2 Å². The van der Waals surface area contributed by atoms with Crippen LogP contribution in [0.1, 0.15) is 30.5 Å². The van der Waals surface area contributed by atoms with Gasteiger partial charge >= 0.3 is 0 Å². The fraction of sp³-hybridized carbons (Fsp3) is 0.409. The molecule has 0 aromatic heterocycles. The van der Waals surface area contributed by atoms with E-state index in [9.17, 15) is 8.42 Å². The number of hydrogen-bond donors (Lipinski definition) is 3. The van der Waals surface area contributed by atoms with Crippen LogP contribution in [0.25, 0.3) is 0 Å². The fourth-order valence-electron chi connectivity index (χ4n) is 2.75. The van der Waals surface area contributed by atoms with E-state index in [-0.39, 0.29) is 42.8 Å². The number of rotatable bonds is 11. The minimum atomic E-state index is -3.39. The Morgan fingerprint density at radius 1 is 1.06 bits per heavy atom. The number of aliphatic imine (C=N–C) groups is 1. The molecule has 172 valence electrons. The lowest BCUT2D eigenvalue weighted by molar-refractivity contribution is 0.336. The van der Waals surface area contributed by atoms with Crippen molar-refractivity contribution in [1.82, 2.24) is 15.4 Å². The van der Waals surface area contributed by atoms with Crippen LogP contribution in [0.5, 0.6) is 5.75 Å². The molecule has 7 nitrogen and oxygen atoms in total. The quantitative estimate of drug-likeness (QED) is 0.223. The maximum Gasteiger partial charge on any atom is 0.213 e. The molecular weight excluding hydrogens is 527 g/mol. The minimum Gasteiger partial charge on any atom is -0.494 e. The van der Waals surface area contributed by atoms with Crippen LogP contribution in [0.2, 0.25) is 0 Å². The summed E-state index contributed by atoms with van der Waals surface area (Å²) in [6.45, 7) is 8.17. The SMILES string of the molecule is CCNC(=NCc1ccc(C)cc1OCC)NCCS(=O)(=O)NCc1ccccc1.I. The van der Waals surface area contributed by atoms with E-state index in [0.717, 1.165) is 22.4 Å². The van der Waals surface area contributed by atoms with E-state index >= 15 is 0 Å². The van der Waals surface area contributed by atoms with Gasteiger partial charge in [-0.3, -0.25) is 0 Å². The maximum atomic E-state index is 12.2. The van der Waals surface area contributed by atoms with Gasteiger partial charge in [0.1, 0.15) is 5.75 Å². The molecule has 2 rings (SSSR count). The molecular formula is C22H33IN4O3S. The Hall–Kier alpha value is -1.85. The topological polar surface area (TPSA) is 91.8 Å². The Morgan fingerprint density at radius 3 is 2.48 bits per heavy atom. The van der Waals surface area contributed by atoms with Crippen molar-refractivity contribution in [3.05, 3.63) is 65.2 Å². The smallest absolute Gasteiger partial charge is 0.213 e. The fourth-order valence-corrected chi connectivity index (χ4v) is 3.66. The van der Waals surface area contributed by atoms with Crippen LogP contribution in [-0.2, 0) is 23.1 Å². The highest BCUT2D eigenvalue weighted by molar-refractivity contribution is 14.0. The number of halogens is 1. The normalized spacial score (nSPS) is 11.5. The summed E-state index contributed by atoms with van der Waals surface area (Å²) in [7, 11) is -3.39. The lowest BCUT2D eigenvalue weighted by atomic mass is 10.1. The molecule has 0 heterocycles. The van der Waals surface area contributed by atoms with Gasteiger partial charge in [0.05, 0.1) is 18.9 Å². The van der Waals surface area contributed by atoms with Gasteiger partial charge in [-0.1, -0.05) is 42.5 Å². The molecule has 0 amide bonds. The molecule has 0 aliphatic heterocycles. The molecule has 0 fully saturated rings. The number of nitrogens with one attached hydrogen (secondary N) is 3. The zero-order valence-electron chi connectivity index (χ0n) is 18.3. The number of aryl methyl sites for hydroxylation is 1. The van der Waals surface area contributed by atoms with Gasteiger partial charge < -0.3 is 15.4 Å². The first-order valence-electron chi connectivity index (χ1n) is 10.2. The first-order valence-corrected chi connectivity index (χ1v) is 11.8. The second kappa shape index (κ2) is 14.3. The largest absolute Gasteiger partial charge is 0.494 e. The zero-order valence-corrected chi connectivity index (χ0v) is 21.5. The molecule has 0 bridgehead atoms. The molecule has 2 aromatic rings. The summed E-state index contributed by atoms with van der Waals surface area (Å²) in [6.07, 6.45) is 0. The second-order valence-corrected chi connectivity index (χ2v) is 8.72. The van der Waals surface area contributed by atoms with Crippen molar-refractivity contribution in [2.24, 2.45) is 4.99 Å². The third-order valence-corrected chi connectivity index (χ3v) is 5.60. The molecule has 0 spiro atoms. The van der Waals surface area contributed by atoms with E-state index in [1.54, 1.807) is 0 Å². The number of guanidine groups is 1. The summed E-state index contributed by atoms with van der Waals surface area (Å²) < 4.78 is 32.8. The molecule has 0 saturated carbocycles. The Morgan fingerprint density at radius 2 is 1.81 bits per heavy atom. The molecule has 0 aliphatic rings. The van der Waals surface area contributed by atoms with Gasteiger partial charge in [0, 0.05) is 25.2 Å². The summed E-state index contributed by atoms with van der Waals surface area (Å²) >= 11 is 0. The Bertz CT molecular complexity index is 922. The molecule has 2 aromatic carbocycles. The average molecular weight is 561 g/mol. The first-order chi connectivity index (χ1) is 14.4. The van der Waals surface area contributed by atoms with Crippen molar-refractivity contribution in [2.45, 2.75) is 33.9 Å². The predicted molar refractivity (Wildman–Crippen MR) is 138 cm³/mol. The van der Waals surface area contributed by atoms with Gasteiger partial charge in [-0.25, -0.2) is 18.1 Å². The van der Waals surface area contributed by atoms with Crippen LogP contribution in [0.3, 0.4) is 0 Å². The summed E-state index contributed by atoms with van der Waals surface area (Å²) in [6, 6.07) is 15.5. The minimum absolute atomic E-state index is 0. The van der Waals surface area contributed by atoms with Gasteiger partial charge in [0.2, 0.25) is 10.0 Å². The van der Waals surface area contributed by atoms with Crippen molar-refractivity contribution in [1.29, 1.82) is 0 Å². The van der Waals surface area contributed by atoms with Gasteiger partial charge in [-0.15, -0.1) is 24.0 Å². The standard InChI is InChI=1S/C22H32N4O3S.HI/c1-4-23-22(25-17-20-12-11-18(3)15-21(20)29-5-2)24-13-14-30(27,28)26-16-19-9-7-6-8-10-19;/h6-12,15,26H,4-5,13-14,16-17H2,1-3H3,(H2,23,24,25);1H.